The molecule has 16 heavy (non-hydrogen) atoms. The number of H-pyrrole nitrogens is 1. The molecular formula is C9H5Cl2N3O2. The van der Waals surface area contributed by atoms with E-state index in [0.717, 1.165) is 6.20 Å². The van der Waals surface area contributed by atoms with E-state index in [9.17, 15) is 10.1 Å². The van der Waals surface area contributed by atoms with Crippen LogP contribution in [-0.4, -0.2) is 15.1 Å². The van der Waals surface area contributed by atoms with Gasteiger partial charge in [0, 0.05) is 10.6 Å². The maximum atomic E-state index is 10.7. The molecule has 0 unspecified atom stereocenters. The summed E-state index contributed by atoms with van der Waals surface area (Å²) in [5, 5.41) is 17.7. The van der Waals surface area contributed by atoms with Gasteiger partial charge in [-0.1, -0.05) is 23.2 Å². The van der Waals surface area contributed by atoms with E-state index in [4.69, 9.17) is 23.2 Å². The van der Waals surface area contributed by atoms with Crippen LogP contribution >= 0.6 is 23.2 Å². The Morgan fingerprint density at radius 3 is 2.81 bits per heavy atom. The Labute approximate surface area is 100 Å². The number of nitro groups is 1. The molecule has 1 heterocycles. The molecule has 0 aliphatic heterocycles. The molecule has 1 N–H and O–H groups in total. The first-order valence-electron chi connectivity index (χ1n) is 4.23. The standard InChI is InChI=1S/C9H5Cl2N3O2/c10-5-1-2-7(11)6(3-5)9-8(14(15)16)4-12-13-9/h1-4H,(H,12,13). The van der Waals surface area contributed by atoms with Gasteiger partial charge in [-0.3, -0.25) is 15.2 Å². The highest BCUT2D eigenvalue weighted by Gasteiger charge is 2.19. The molecule has 0 atom stereocenters. The van der Waals surface area contributed by atoms with Gasteiger partial charge in [0.05, 0.1) is 9.95 Å². The van der Waals surface area contributed by atoms with Gasteiger partial charge in [0.25, 0.3) is 0 Å². The molecule has 0 aliphatic carbocycles. The Hall–Kier alpha value is -1.59. The van der Waals surface area contributed by atoms with Crippen LogP contribution in [0.1, 0.15) is 0 Å². The van der Waals surface area contributed by atoms with E-state index >= 15 is 0 Å². The maximum Gasteiger partial charge on any atom is 0.314 e. The highest BCUT2D eigenvalue weighted by atomic mass is 35.5. The Balaban J connectivity index is 2.62. The van der Waals surface area contributed by atoms with E-state index in [1.165, 1.54) is 0 Å². The Bertz CT molecular complexity index is 553. The third-order valence-electron chi connectivity index (χ3n) is 2.01. The normalized spacial score (nSPS) is 10.4. The van der Waals surface area contributed by atoms with Crippen molar-refractivity contribution in [2.45, 2.75) is 0 Å². The van der Waals surface area contributed by atoms with Crippen molar-refractivity contribution < 1.29 is 4.92 Å². The number of aromatic nitrogens is 2. The number of halogens is 2. The van der Waals surface area contributed by atoms with E-state index < -0.39 is 4.92 Å². The van der Waals surface area contributed by atoms with Crippen molar-refractivity contribution in [2.24, 2.45) is 0 Å². The van der Waals surface area contributed by atoms with Gasteiger partial charge < -0.3 is 0 Å². The summed E-state index contributed by atoms with van der Waals surface area (Å²) in [5.74, 6) is 0. The molecule has 82 valence electrons. The summed E-state index contributed by atoms with van der Waals surface area (Å²) in [6.07, 6.45) is 1.13. The van der Waals surface area contributed by atoms with Gasteiger partial charge in [0.1, 0.15) is 11.9 Å². The molecule has 0 radical (unpaired) electrons. The van der Waals surface area contributed by atoms with E-state index in [1.807, 2.05) is 0 Å². The SMILES string of the molecule is O=[N+]([O-])c1cn[nH]c1-c1cc(Cl)ccc1Cl. The highest BCUT2D eigenvalue weighted by molar-refractivity contribution is 6.35. The van der Waals surface area contributed by atoms with Crippen molar-refractivity contribution in [3.05, 3.63) is 44.6 Å². The number of nitrogens with zero attached hydrogens (tertiary/aromatic N) is 2. The minimum Gasteiger partial charge on any atom is -0.271 e. The zero-order valence-corrected chi connectivity index (χ0v) is 9.29. The average Bonchev–Trinajstić information content (AvgIpc) is 2.70. The Morgan fingerprint density at radius 1 is 1.38 bits per heavy atom. The van der Waals surface area contributed by atoms with Crippen molar-refractivity contribution in [1.82, 2.24) is 10.2 Å². The Morgan fingerprint density at radius 2 is 2.12 bits per heavy atom. The molecular weight excluding hydrogens is 253 g/mol. The molecule has 7 heteroatoms. The van der Waals surface area contributed by atoms with Gasteiger partial charge in [0.2, 0.25) is 0 Å². The van der Waals surface area contributed by atoms with Gasteiger partial charge in [0.15, 0.2) is 0 Å². The fourth-order valence-corrected chi connectivity index (χ4v) is 1.69. The lowest BCUT2D eigenvalue weighted by molar-refractivity contribution is -0.384. The second-order valence-electron chi connectivity index (χ2n) is 3.01. The largest absolute Gasteiger partial charge is 0.314 e. The molecule has 0 spiro atoms. The predicted molar refractivity (Wildman–Crippen MR) is 60.7 cm³/mol. The van der Waals surface area contributed by atoms with Gasteiger partial charge in [-0.25, -0.2) is 0 Å². The van der Waals surface area contributed by atoms with Crippen LogP contribution in [0.25, 0.3) is 11.3 Å². The van der Waals surface area contributed by atoms with Crippen molar-refractivity contribution in [3.8, 4) is 11.3 Å². The fourth-order valence-electron chi connectivity index (χ4n) is 1.31. The minimum absolute atomic E-state index is 0.135. The van der Waals surface area contributed by atoms with Crippen LogP contribution in [0.2, 0.25) is 10.0 Å². The number of hydrogen-bond acceptors (Lipinski definition) is 3. The first kappa shape index (κ1) is 10.9. The van der Waals surface area contributed by atoms with Gasteiger partial charge in [-0.05, 0) is 18.2 Å². The second-order valence-corrected chi connectivity index (χ2v) is 3.86. The molecule has 0 fully saturated rings. The number of hydrogen-bond donors (Lipinski definition) is 1. The molecule has 5 nitrogen and oxygen atoms in total. The minimum atomic E-state index is -0.532. The topological polar surface area (TPSA) is 71.8 Å². The van der Waals surface area contributed by atoms with Crippen LogP contribution in [-0.2, 0) is 0 Å². The number of aromatic amines is 1. The zero-order chi connectivity index (χ0) is 11.7. The molecule has 0 aliphatic rings. The highest BCUT2D eigenvalue weighted by Crippen LogP contribution is 2.34. The van der Waals surface area contributed by atoms with E-state index in [1.54, 1.807) is 18.2 Å². The summed E-state index contributed by atoms with van der Waals surface area (Å²) in [5.41, 5.74) is 0.569. The number of rotatable bonds is 2. The van der Waals surface area contributed by atoms with Gasteiger partial charge in [-0.15, -0.1) is 0 Å². The quantitative estimate of drug-likeness (QED) is 0.663. The third kappa shape index (κ3) is 1.87. The molecule has 1 aromatic heterocycles. The summed E-state index contributed by atoms with van der Waals surface area (Å²) >= 11 is 11.7. The van der Waals surface area contributed by atoms with Crippen molar-refractivity contribution in [2.75, 3.05) is 0 Å². The molecule has 1 aromatic carbocycles. The lowest BCUT2D eigenvalue weighted by Crippen LogP contribution is -1.89. The first-order chi connectivity index (χ1) is 7.59. The van der Waals surface area contributed by atoms with Gasteiger partial charge in [-0.2, -0.15) is 5.10 Å². The van der Waals surface area contributed by atoms with E-state index in [2.05, 4.69) is 10.2 Å². The average molecular weight is 258 g/mol. The van der Waals surface area contributed by atoms with Crippen LogP contribution in [0.5, 0.6) is 0 Å². The van der Waals surface area contributed by atoms with Crippen LogP contribution in [0, 0.1) is 10.1 Å². The first-order valence-corrected chi connectivity index (χ1v) is 4.98. The molecule has 0 amide bonds. The number of benzene rings is 1. The fraction of sp³-hybridized carbons (Fsp3) is 0. The van der Waals surface area contributed by atoms with Crippen LogP contribution in [0.3, 0.4) is 0 Å². The smallest absolute Gasteiger partial charge is 0.271 e. The lowest BCUT2D eigenvalue weighted by Gasteiger charge is -2.01. The molecule has 0 bridgehead atoms. The molecule has 0 saturated carbocycles. The Kier molecular flexibility index (Phi) is 2.80. The summed E-state index contributed by atoms with van der Waals surface area (Å²) in [7, 11) is 0. The number of nitrogens with one attached hydrogen (secondary N) is 1. The van der Waals surface area contributed by atoms with Gasteiger partial charge >= 0.3 is 5.69 Å². The monoisotopic (exact) mass is 257 g/mol. The van der Waals surface area contributed by atoms with Crippen LogP contribution < -0.4 is 0 Å². The van der Waals surface area contributed by atoms with Crippen LogP contribution in [0.15, 0.2) is 24.4 Å². The lowest BCUT2D eigenvalue weighted by atomic mass is 10.1. The summed E-state index contributed by atoms with van der Waals surface area (Å²) in [6, 6.07) is 4.73. The molecule has 0 saturated heterocycles. The third-order valence-corrected chi connectivity index (χ3v) is 2.58. The van der Waals surface area contributed by atoms with Crippen molar-refractivity contribution >= 4 is 28.9 Å². The summed E-state index contributed by atoms with van der Waals surface area (Å²) in [4.78, 5) is 10.2. The maximum absolute atomic E-state index is 10.7. The van der Waals surface area contributed by atoms with Crippen molar-refractivity contribution in [1.29, 1.82) is 0 Å². The zero-order valence-electron chi connectivity index (χ0n) is 7.78. The molecule has 2 rings (SSSR count). The van der Waals surface area contributed by atoms with E-state index in [-0.39, 0.29) is 11.4 Å². The van der Waals surface area contributed by atoms with Crippen LogP contribution in [0.4, 0.5) is 5.69 Å². The summed E-state index contributed by atoms with van der Waals surface area (Å²) < 4.78 is 0. The second kappa shape index (κ2) is 4.11. The summed E-state index contributed by atoms with van der Waals surface area (Å²) in [6.45, 7) is 0. The van der Waals surface area contributed by atoms with Crippen molar-refractivity contribution in [3.63, 3.8) is 0 Å². The predicted octanol–water partition coefficient (Wildman–Crippen LogP) is 3.29. The van der Waals surface area contributed by atoms with E-state index in [0.29, 0.717) is 15.6 Å². The molecule has 2 aromatic rings.